The lowest BCUT2D eigenvalue weighted by Crippen LogP contribution is -2.27. The quantitative estimate of drug-likeness (QED) is 0.560. The Labute approximate surface area is 180 Å². The summed E-state index contributed by atoms with van der Waals surface area (Å²) >= 11 is 6.28. The number of nitrogens with one attached hydrogen (secondary N) is 1. The summed E-state index contributed by atoms with van der Waals surface area (Å²) in [5.41, 5.74) is 4.42. The van der Waals surface area contributed by atoms with Gasteiger partial charge in [0, 0.05) is 36.3 Å². The van der Waals surface area contributed by atoms with Crippen molar-refractivity contribution in [1.29, 1.82) is 0 Å². The first-order valence-corrected chi connectivity index (χ1v) is 10.6. The van der Waals surface area contributed by atoms with Gasteiger partial charge in [0.2, 0.25) is 0 Å². The average Bonchev–Trinajstić information content (AvgIpc) is 3.31. The molecule has 1 aliphatic carbocycles. The second-order valence-electron chi connectivity index (χ2n) is 8.22. The van der Waals surface area contributed by atoms with E-state index in [2.05, 4.69) is 21.8 Å². The molecule has 3 heterocycles. The Hall–Kier alpha value is -2.66. The predicted octanol–water partition coefficient (Wildman–Crippen LogP) is 6.04. The molecule has 3 atom stereocenters. The maximum Gasteiger partial charge on any atom is 0.130 e. The smallest absolute Gasteiger partial charge is 0.130 e. The highest BCUT2D eigenvalue weighted by molar-refractivity contribution is 6.32. The third-order valence-electron chi connectivity index (χ3n) is 6.17. The van der Waals surface area contributed by atoms with Gasteiger partial charge in [0.25, 0.3) is 0 Å². The molecule has 153 valence electrons. The van der Waals surface area contributed by atoms with Crippen LogP contribution in [0.25, 0.3) is 11.0 Å². The number of nitrogens with zero attached hydrogens (tertiary/aromatic N) is 3. The van der Waals surface area contributed by atoms with E-state index < -0.39 is 0 Å². The Balaban J connectivity index is 1.46. The molecule has 1 radical (unpaired) electrons. The number of rotatable bonds is 3. The van der Waals surface area contributed by atoms with Crippen molar-refractivity contribution in [3.05, 3.63) is 88.7 Å². The number of hydrogen-bond donors (Lipinski definition) is 1. The molecule has 0 spiro atoms. The number of benzene rings is 1. The van der Waals surface area contributed by atoms with Crippen LogP contribution in [0.15, 0.2) is 60.3 Å². The maximum absolute atomic E-state index is 15.2. The number of halogens is 2. The molecular weight excluding hydrogens is 399 g/mol. The standard InChI is InChI=1S/C24H23ClFN4/c1-14-7-9-30(22-6-5-16(11-19(22)26)17-4-3-8-27-13-17)23(14)24-28-20-10-15(2)18(25)12-21(20)29-24/h3-6,8,10-14,16,23H,7,9H2,1-2H3,(H,28,29)/t14-,16?,23-/m0/s1. The van der Waals surface area contributed by atoms with Gasteiger partial charge in [-0.2, -0.15) is 0 Å². The fourth-order valence-electron chi connectivity index (χ4n) is 4.52. The number of aromatic nitrogens is 3. The van der Waals surface area contributed by atoms with E-state index in [1.807, 2.05) is 43.3 Å². The number of allylic oxidation sites excluding steroid dienone is 3. The molecule has 5 rings (SSSR count). The van der Waals surface area contributed by atoms with Gasteiger partial charge in [0.15, 0.2) is 0 Å². The first kappa shape index (κ1) is 19.3. The molecule has 1 saturated heterocycles. The number of pyridine rings is 1. The second-order valence-corrected chi connectivity index (χ2v) is 8.62. The first-order valence-electron chi connectivity index (χ1n) is 10.3. The van der Waals surface area contributed by atoms with Gasteiger partial charge >= 0.3 is 0 Å². The SMILES string of the molecule is Cc1cc2[nH]c([C@@H]3[C@@H](C)CCN3C3=C(F)[CH]C(c4cccnc4)C=C3)nc2cc1Cl. The highest BCUT2D eigenvalue weighted by Gasteiger charge is 2.37. The molecule has 30 heavy (non-hydrogen) atoms. The van der Waals surface area contributed by atoms with E-state index in [-0.39, 0.29) is 17.8 Å². The zero-order valence-corrected chi connectivity index (χ0v) is 17.7. The number of H-pyrrole nitrogens is 1. The summed E-state index contributed by atoms with van der Waals surface area (Å²) in [6.07, 6.45) is 10.1. The van der Waals surface area contributed by atoms with Gasteiger partial charge in [-0.3, -0.25) is 4.98 Å². The van der Waals surface area contributed by atoms with Crippen molar-refractivity contribution in [2.75, 3.05) is 6.54 Å². The zero-order chi connectivity index (χ0) is 20.8. The van der Waals surface area contributed by atoms with Gasteiger partial charge < -0.3 is 9.88 Å². The van der Waals surface area contributed by atoms with Crippen molar-refractivity contribution in [1.82, 2.24) is 19.9 Å². The number of likely N-dealkylation sites (tertiary alicyclic amines) is 1. The zero-order valence-electron chi connectivity index (χ0n) is 16.9. The van der Waals surface area contributed by atoms with Crippen molar-refractivity contribution in [2.45, 2.75) is 32.2 Å². The summed E-state index contributed by atoms with van der Waals surface area (Å²) in [5, 5.41) is 0.705. The molecule has 1 aliphatic heterocycles. The van der Waals surface area contributed by atoms with Gasteiger partial charge in [-0.25, -0.2) is 9.37 Å². The molecule has 0 bridgehead atoms. The largest absolute Gasteiger partial charge is 0.359 e. The van der Waals surface area contributed by atoms with E-state index in [9.17, 15) is 0 Å². The van der Waals surface area contributed by atoms with E-state index in [0.717, 1.165) is 41.0 Å². The molecule has 6 heteroatoms. The minimum absolute atomic E-state index is 0.00905. The number of fused-ring (bicyclic) bond motifs is 1. The van der Waals surface area contributed by atoms with E-state index >= 15 is 4.39 Å². The van der Waals surface area contributed by atoms with Crippen LogP contribution in [0, 0.1) is 19.3 Å². The summed E-state index contributed by atoms with van der Waals surface area (Å²) in [4.78, 5) is 14.6. The molecule has 1 N–H and O–H groups in total. The summed E-state index contributed by atoms with van der Waals surface area (Å²) in [5.74, 6) is 0.921. The van der Waals surface area contributed by atoms with Crippen LogP contribution in [0.2, 0.25) is 5.02 Å². The van der Waals surface area contributed by atoms with Crippen LogP contribution in [-0.4, -0.2) is 26.4 Å². The molecule has 4 nitrogen and oxygen atoms in total. The van der Waals surface area contributed by atoms with Crippen molar-refractivity contribution >= 4 is 22.6 Å². The van der Waals surface area contributed by atoms with Crippen LogP contribution in [-0.2, 0) is 0 Å². The van der Waals surface area contributed by atoms with Gasteiger partial charge in [-0.05, 0) is 54.7 Å². The maximum atomic E-state index is 15.2. The summed E-state index contributed by atoms with van der Waals surface area (Å²) in [6.45, 7) is 4.97. The van der Waals surface area contributed by atoms with Crippen molar-refractivity contribution in [3.8, 4) is 0 Å². The van der Waals surface area contributed by atoms with Crippen LogP contribution in [0.5, 0.6) is 0 Å². The number of aromatic amines is 1. The lowest BCUT2D eigenvalue weighted by atomic mass is 9.91. The van der Waals surface area contributed by atoms with Crippen molar-refractivity contribution in [2.24, 2.45) is 5.92 Å². The Morgan fingerprint density at radius 1 is 1.30 bits per heavy atom. The minimum atomic E-state index is -0.194. The Kier molecular flexibility index (Phi) is 4.86. The molecule has 2 aromatic heterocycles. The van der Waals surface area contributed by atoms with Crippen LogP contribution in [0.4, 0.5) is 4.39 Å². The van der Waals surface area contributed by atoms with Crippen molar-refractivity contribution in [3.63, 3.8) is 0 Å². The fourth-order valence-corrected chi connectivity index (χ4v) is 4.68. The van der Waals surface area contributed by atoms with Gasteiger partial charge in [-0.15, -0.1) is 0 Å². The van der Waals surface area contributed by atoms with Gasteiger partial charge in [0.1, 0.15) is 11.7 Å². The van der Waals surface area contributed by atoms with E-state index in [1.165, 1.54) is 0 Å². The highest BCUT2D eigenvalue weighted by Crippen LogP contribution is 2.42. The third-order valence-corrected chi connectivity index (χ3v) is 6.58. The second kappa shape index (κ2) is 7.55. The minimum Gasteiger partial charge on any atom is -0.359 e. The topological polar surface area (TPSA) is 44.8 Å². The Bertz CT molecular complexity index is 1110. The summed E-state index contributed by atoms with van der Waals surface area (Å²) in [6, 6.07) is 7.75. The monoisotopic (exact) mass is 421 g/mol. The lowest BCUT2D eigenvalue weighted by molar-refractivity contribution is 0.282. The van der Waals surface area contributed by atoms with E-state index in [0.29, 0.717) is 16.6 Å². The molecule has 0 amide bonds. The molecule has 2 aliphatic rings. The predicted molar refractivity (Wildman–Crippen MR) is 118 cm³/mol. The summed E-state index contributed by atoms with van der Waals surface area (Å²) in [7, 11) is 0. The molecule has 1 aromatic carbocycles. The Morgan fingerprint density at radius 2 is 2.17 bits per heavy atom. The van der Waals surface area contributed by atoms with Crippen LogP contribution in [0.1, 0.15) is 42.3 Å². The molecule has 3 aromatic rings. The normalized spacial score (nSPS) is 24.3. The lowest BCUT2D eigenvalue weighted by Gasteiger charge is -2.31. The average molecular weight is 422 g/mol. The van der Waals surface area contributed by atoms with Gasteiger partial charge in [0.05, 0.1) is 22.8 Å². The number of hydrogen-bond acceptors (Lipinski definition) is 3. The van der Waals surface area contributed by atoms with Crippen molar-refractivity contribution < 1.29 is 4.39 Å². The van der Waals surface area contributed by atoms with Crippen LogP contribution < -0.4 is 0 Å². The van der Waals surface area contributed by atoms with E-state index in [4.69, 9.17) is 16.6 Å². The molecule has 0 saturated carbocycles. The van der Waals surface area contributed by atoms with Gasteiger partial charge in [-0.1, -0.05) is 30.7 Å². The first-order chi connectivity index (χ1) is 14.5. The van der Waals surface area contributed by atoms with Crippen LogP contribution >= 0.6 is 11.6 Å². The number of aryl methyl sites for hydroxylation is 1. The highest BCUT2D eigenvalue weighted by atomic mass is 35.5. The van der Waals surface area contributed by atoms with E-state index in [1.54, 1.807) is 18.8 Å². The third kappa shape index (κ3) is 3.31. The number of imidazole rings is 1. The summed E-state index contributed by atoms with van der Waals surface area (Å²) < 4.78 is 15.2. The molecule has 1 unspecified atom stereocenters. The van der Waals surface area contributed by atoms with Crippen LogP contribution in [0.3, 0.4) is 0 Å². The Morgan fingerprint density at radius 3 is 2.93 bits per heavy atom. The molecular formula is C24H23ClFN4. The molecule has 1 fully saturated rings. The fraction of sp³-hybridized carbons (Fsp3) is 0.292.